The van der Waals surface area contributed by atoms with Crippen molar-refractivity contribution >= 4 is 29.2 Å². The highest BCUT2D eigenvalue weighted by Crippen LogP contribution is 2.66. The number of hydrogen-bond acceptors (Lipinski definition) is 8. The SMILES string of the molecule is C[C@]12CC[C@H]3[C@@H](CCC4=CC(=O)C=C[C@@]43C)[C@@H]1CC[C@@H]2C(=O)CN1CCN(c2cc(N3CCCC3)nc(N3CCCC3)n2)CC1. The van der Waals surface area contributed by atoms with Gasteiger partial charge in [-0.25, -0.2) is 0 Å². The van der Waals surface area contributed by atoms with E-state index in [9.17, 15) is 9.59 Å². The average Bonchev–Trinajstić information content (AvgIpc) is 3.83. The standard InChI is InChI=1S/C37H52N6O2/c1-36-13-11-27(44)23-26(36)7-8-28-29-9-10-31(37(29,2)14-12-30(28)36)32(45)25-40-19-21-42(22-20-40)34-24-33(41-15-3-4-16-41)38-35(39-34)43-17-5-6-18-43/h11,13,23-24,28-31H,3-10,12,14-22,25H2,1-2H3/t28-,29-,30-,31+,36-,37-/m0/s1. The van der Waals surface area contributed by atoms with Crippen molar-refractivity contribution in [2.45, 2.75) is 78.1 Å². The molecule has 3 saturated carbocycles. The third kappa shape index (κ3) is 5.14. The van der Waals surface area contributed by atoms with Crippen LogP contribution in [-0.4, -0.2) is 85.3 Å². The summed E-state index contributed by atoms with van der Waals surface area (Å²) in [4.78, 5) is 45.9. The molecule has 3 saturated heterocycles. The van der Waals surface area contributed by atoms with E-state index in [1.54, 1.807) is 0 Å². The summed E-state index contributed by atoms with van der Waals surface area (Å²) < 4.78 is 0. The molecule has 0 radical (unpaired) electrons. The Labute approximate surface area is 269 Å². The third-order valence-electron chi connectivity index (χ3n) is 13.5. The molecule has 1 aromatic heterocycles. The van der Waals surface area contributed by atoms with Crippen molar-refractivity contribution in [1.82, 2.24) is 14.9 Å². The fraction of sp³-hybridized carbons (Fsp3) is 0.730. The summed E-state index contributed by atoms with van der Waals surface area (Å²) in [5, 5.41) is 0. The Bertz CT molecular complexity index is 1350. The van der Waals surface area contributed by atoms with Gasteiger partial charge in [0.25, 0.3) is 0 Å². The minimum absolute atomic E-state index is 0.0219. The van der Waals surface area contributed by atoms with E-state index >= 15 is 0 Å². The Kier molecular flexibility index (Phi) is 7.58. The number of Topliss-reactive ketones (excluding diaryl/α,β-unsaturated/α-hetero) is 1. The summed E-state index contributed by atoms with van der Waals surface area (Å²) in [6.07, 6.45) is 17.6. The molecule has 0 amide bonds. The van der Waals surface area contributed by atoms with Crippen LogP contribution in [0.25, 0.3) is 0 Å². The largest absolute Gasteiger partial charge is 0.356 e. The molecule has 0 bridgehead atoms. The van der Waals surface area contributed by atoms with E-state index in [4.69, 9.17) is 9.97 Å². The second kappa shape index (κ2) is 11.5. The Balaban J connectivity index is 0.914. The normalized spacial score (nSPS) is 36.6. The molecule has 8 rings (SSSR count). The predicted molar refractivity (Wildman–Crippen MR) is 179 cm³/mol. The zero-order chi connectivity index (χ0) is 30.8. The topological polar surface area (TPSA) is 72.9 Å². The summed E-state index contributed by atoms with van der Waals surface area (Å²) in [7, 11) is 0. The van der Waals surface area contributed by atoms with Crippen molar-refractivity contribution in [2.24, 2.45) is 34.5 Å². The molecular formula is C37H52N6O2. The third-order valence-corrected chi connectivity index (χ3v) is 13.5. The van der Waals surface area contributed by atoms with Crippen molar-refractivity contribution in [3.8, 4) is 0 Å². The van der Waals surface area contributed by atoms with Gasteiger partial charge in [-0.05, 0) is 99.5 Å². The predicted octanol–water partition coefficient (Wildman–Crippen LogP) is 5.29. The van der Waals surface area contributed by atoms with Gasteiger partial charge >= 0.3 is 0 Å². The van der Waals surface area contributed by atoms with Crippen LogP contribution in [0.15, 0.2) is 29.9 Å². The molecule has 242 valence electrons. The van der Waals surface area contributed by atoms with Gasteiger partial charge in [-0.1, -0.05) is 25.5 Å². The van der Waals surface area contributed by atoms with E-state index in [1.165, 1.54) is 50.5 Å². The smallest absolute Gasteiger partial charge is 0.229 e. The zero-order valence-corrected chi connectivity index (χ0v) is 27.6. The maximum absolute atomic E-state index is 14.1. The number of nitrogens with zero attached hydrogens (tertiary/aromatic N) is 6. The van der Waals surface area contributed by atoms with Gasteiger partial charge in [-0.3, -0.25) is 14.5 Å². The van der Waals surface area contributed by atoms with Gasteiger partial charge in [0.2, 0.25) is 5.95 Å². The van der Waals surface area contributed by atoms with E-state index in [-0.39, 0.29) is 22.5 Å². The second-order valence-corrected chi connectivity index (χ2v) is 15.8. The lowest BCUT2D eigenvalue weighted by Gasteiger charge is -2.57. The van der Waals surface area contributed by atoms with Gasteiger partial charge in [0.1, 0.15) is 17.4 Å². The number of ketones is 2. The van der Waals surface area contributed by atoms with Crippen LogP contribution in [0.3, 0.4) is 0 Å². The number of carbonyl (C=O) groups is 2. The molecule has 0 unspecified atom stereocenters. The molecule has 4 aliphatic carbocycles. The number of fused-ring (bicyclic) bond motifs is 5. The van der Waals surface area contributed by atoms with Crippen LogP contribution in [-0.2, 0) is 9.59 Å². The molecule has 8 heteroatoms. The number of piperazine rings is 1. The quantitative estimate of drug-likeness (QED) is 0.429. The molecular weight excluding hydrogens is 560 g/mol. The van der Waals surface area contributed by atoms with E-state index in [2.05, 4.69) is 45.6 Å². The second-order valence-electron chi connectivity index (χ2n) is 15.8. The van der Waals surface area contributed by atoms with Gasteiger partial charge in [0, 0.05) is 69.8 Å². The Morgan fingerprint density at radius 3 is 2.20 bits per heavy atom. The summed E-state index contributed by atoms with van der Waals surface area (Å²) >= 11 is 0. The van der Waals surface area contributed by atoms with Crippen LogP contribution < -0.4 is 14.7 Å². The number of hydrogen-bond donors (Lipinski definition) is 0. The highest BCUT2D eigenvalue weighted by molar-refractivity contribution is 6.01. The number of rotatable bonds is 6. The van der Waals surface area contributed by atoms with Gasteiger partial charge < -0.3 is 14.7 Å². The maximum atomic E-state index is 14.1. The lowest BCUT2D eigenvalue weighted by molar-refractivity contribution is -0.130. The van der Waals surface area contributed by atoms with Gasteiger partial charge in [-0.2, -0.15) is 9.97 Å². The monoisotopic (exact) mass is 612 g/mol. The van der Waals surface area contributed by atoms with Gasteiger partial charge in [0.15, 0.2) is 5.78 Å². The molecule has 4 heterocycles. The highest BCUT2D eigenvalue weighted by atomic mass is 16.1. The van der Waals surface area contributed by atoms with Crippen molar-refractivity contribution < 1.29 is 9.59 Å². The Hall–Kier alpha value is -2.74. The van der Waals surface area contributed by atoms with Crippen molar-refractivity contribution in [1.29, 1.82) is 0 Å². The summed E-state index contributed by atoms with van der Waals surface area (Å²) in [6.45, 7) is 13.3. The maximum Gasteiger partial charge on any atom is 0.229 e. The van der Waals surface area contributed by atoms with Gasteiger partial charge in [-0.15, -0.1) is 0 Å². The molecule has 0 spiro atoms. The molecule has 6 atom stereocenters. The Morgan fingerprint density at radius 1 is 0.822 bits per heavy atom. The molecule has 3 aliphatic heterocycles. The van der Waals surface area contributed by atoms with E-state index in [1.807, 2.05) is 12.2 Å². The minimum atomic E-state index is 0.0219. The minimum Gasteiger partial charge on any atom is -0.356 e. The molecule has 6 fully saturated rings. The number of aromatic nitrogens is 2. The van der Waals surface area contributed by atoms with Crippen molar-refractivity contribution in [3.63, 3.8) is 0 Å². The number of allylic oxidation sites excluding steroid dienone is 4. The van der Waals surface area contributed by atoms with Crippen molar-refractivity contribution in [3.05, 3.63) is 29.9 Å². The molecule has 45 heavy (non-hydrogen) atoms. The van der Waals surface area contributed by atoms with E-state index in [0.717, 1.165) is 89.2 Å². The van der Waals surface area contributed by atoms with Crippen LogP contribution >= 0.6 is 0 Å². The summed E-state index contributed by atoms with van der Waals surface area (Å²) in [5.41, 5.74) is 1.49. The fourth-order valence-electron chi connectivity index (χ4n) is 10.9. The number of anilines is 3. The first-order chi connectivity index (χ1) is 21.8. The van der Waals surface area contributed by atoms with Crippen LogP contribution in [0.2, 0.25) is 0 Å². The van der Waals surface area contributed by atoms with E-state index < -0.39 is 0 Å². The first-order valence-electron chi connectivity index (χ1n) is 18.1. The molecule has 0 N–H and O–H groups in total. The van der Waals surface area contributed by atoms with Crippen molar-refractivity contribution in [2.75, 3.05) is 73.6 Å². The lowest BCUT2D eigenvalue weighted by atomic mass is 9.47. The van der Waals surface area contributed by atoms with Crippen LogP contribution in [0.4, 0.5) is 17.6 Å². The molecule has 0 aromatic carbocycles. The average molecular weight is 613 g/mol. The molecule has 8 nitrogen and oxygen atoms in total. The van der Waals surface area contributed by atoms with Crippen LogP contribution in [0, 0.1) is 34.5 Å². The van der Waals surface area contributed by atoms with Gasteiger partial charge in [0.05, 0.1) is 6.54 Å². The highest BCUT2D eigenvalue weighted by Gasteiger charge is 2.59. The fourth-order valence-corrected chi connectivity index (χ4v) is 10.9. The number of carbonyl (C=O) groups excluding carboxylic acids is 2. The lowest BCUT2D eigenvalue weighted by Crippen LogP contribution is -2.52. The first-order valence-corrected chi connectivity index (χ1v) is 18.1. The van der Waals surface area contributed by atoms with Crippen LogP contribution in [0.5, 0.6) is 0 Å². The Morgan fingerprint density at radius 2 is 1.49 bits per heavy atom. The summed E-state index contributed by atoms with van der Waals surface area (Å²) in [6, 6.07) is 2.22. The molecule has 7 aliphatic rings. The first kappa shape index (κ1) is 29.6. The zero-order valence-electron chi connectivity index (χ0n) is 27.6. The summed E-state index contributed by atoms with van der Waals surface area (Å²) in [5.74, 6) is 5.74. The molecule has 1 aromatic rings. The van der Waals surface area contributed by atoms with Crippen LogP contribution in [0.1, 0.15) is 78.1 Å². The van der Waals surface area contributed by atoms with E-state index in [0.29, 0.717) is 30.1 Å².